The Morgan fingerprint density at radius 1 is 0.562 bits per heavy atom. The zero-order valence-corrected chi connectivity index (χ0v) is 20.1. The lowest BCUT2D eigenvalue weighted by molar-refractivity contribution is 0.463. The normalized spacial score (nSPS) is 16.6. The average Bonchev–Trinajstić information content (AvgIpc) is 3.33. The van der Waals surface area contributed by atoms with E-state index < -0.39 is 8.07 Å². The molecule has 5 rings (SSSR count). The second kappa shape index (κ2) is 10.5. The van der Waals surface area contributed by atoms with Crippen LogP contribution in [0.5, 0.6) is 0 Å². The fraction of sp³-hybridized carbons (Fsp3) is 0.172. The molecule has 1 heterocycles. The van der Waals surface area contributed by atoms with E-state index in [0.717, 1.165) is 0 Å². The Hall–Kier alpha value is -2.30. The van der Waals surface area contributed by atoms with Crippen molar-refractivity contribution in [2.45, 2.75) is 18.9 Å². The topological polar surface area (TPSA) is 3.24 Å². The lowest BCUT2D eigenvalue weighted by Gasteiger charge is -2.35. The SMILES string of the molecule is c1ccc(P(C[C@@H]2CCCN2P(c2ccccc2)c2ccccc2)c2ccccc2)cc1. The first kappa shape index (κ1) is 21.5. The van der Waals surface area contributed by atoms with E-state index in [1.54, 1.807) is 0 Å². The van der Waals surface area contributed by atoms with Gasteiger partial charge >= 0.3 is 0 Å². The van der Waals surface area contributed by atoms with Gasteiger partial charge in [0.25, 0.3) is 0 Å². The minimum absolute atomic E-state index is 0.382. The largest absolute Gasteiger partial charge is 0.271 e. The molecule has 1 saturated heterocycles. The molecule has 3 heteroatoms. The minimum Gasteiger partial charge on any atom is -0.271 e. The van der Waals surface area contributed by atoms with Crippen LogP contribution in [0.1, 0.15) is 12.8 Å². The zero-order valence-electron chi connectivity index (χ0n) is 18.3. The molecule has 0 radical (unpaired) electrons. The van der Waals surface area contributed by atoms with Gasteiger partial charge in [0.1, 0.15) is 0 Å². The van der Waals surface area contributed by atoms with E-state index in [1.165, 1.54) is 46.8 Å². The van der Waals surface area contributed by atoms with Crippen molar-refractivity contribution in [3.63, 3.8) is 0 Å². The van der Waals surface area contributed by atoms with E-state index in [9.17, 15) is 0 Å². The Balaban J connectivity index is 1.49. The first-order valence-electron chi connectivity index (χ1n) is 11.4. The number of benzene rings is 4. The van der Waals surface area contributed by atoms with Crippen molar-refractivity contribution in [2.75, 3.05) is 12.7 Å². The van der Waals surface area contributed by atoms with Gasteiger partial charge < -0.3 is 0 Å². The van der Waals surface area contributed by atoms with Crippen molar-refractivity contribution >= 4 is 37.2 Å². The summed E-state index contributed by atoms with van der Waals surface area (Å²) >= 11 is 0. The molecule has 0 bridgehead atoms. The maximum absolute atomic E-state index is 2.85. The van der Waals surface area contributed by atoms with Crippen molar-refractivity contribution in [1.82, 2.24) is 4.67 Å². The van der Waals surface area contributed by atoms with Crippen LogP contribution < -0.4 is 21.2 Å². The Morgan fingerprint density at radius 3 is 1.41 bits per heavy atom. The fourth-order valence-corrected chi connectivity index (χ4v) is 10.0. The molecule has 0 amide bonds. The number of nitrogens with zero attached hydrogens (tertiary/aromatic N) is 1. The molecule has 0 saturated carbocycles. The van der Waals surface area contributed by atoms with Crippen molar-refractivity contribution < 1.29 is 0 Å². The van der Waals surface area contributed by atoms with E-state index in [2.05, 4.69) is 126 Å². The summed E-state index contributed by atoms with van der Waals surface area (Å²) in [6.07, 6.45) is 3.80. The third-order valence-electron chi connectivity index (χ3n) is 6.13. The molecular formula is C29H29NP2. The van der Waals surface area contributed by atoms with Crippen LogP contribution in [0.3, 0.4) is 0 Å². The van der Waals surface area contributed by atoms with Crippen molar-refractivity contribution in [3.8, 4) is 0 Å². The van der Waals surface area contributed by atoms with Crippen LogP contribution >= 0.6 is 16.0 Å². The quantitative estimate of drug-likeness (QED) is 0.328. The van der Waals surface area contributed by atoms with Crippen LogP contribution in [0.15, 0.2) is 121 Å². The van der Waals surface area contributed by atoms with Crippen LogP contribution in [-0.4, -0.2) is 23.4 Å². The second-order valence-corrected chi connectivity index (χ2v) is 12.6. The van der Waals surface area contributed by atoms with Gasteiger partial charge in [-0.3, -0.25) is 4.67 Å². The van der Waals surface area contributed by atoms with Crippen LogP contribution in [-0.2, 0) is 0 Å². The summed E-state index contributed by atoms with van der Waals surface area (Å²) in [5.74, 6) is 0. The molecule has 0 aromatic heterocycles. The van der Waals surface area contributed by atoms with E-state index in [0.29, 0.717) is 6.04 Å². The number of hydrogen-bond acceptors (Lipinski definition) is 1. The predicted molar refractivity (Wildman–Crippen MR) is 143 cm³/mol. The molecule has 1 aliphatic rings. The Bertz CT molecular complexity index is 1010. The first-order valence-corrected chi connectivity index (χ1v) is 14.3. The summed E-state index contributed by atoms with van der Waals surface area (Å²) in [5.41, 5.74) is 0. The highest BCUT2D eigenvalue weighted by molar-refractivity contribution is 7.73. The van der Waals surface area contributed by atoms with Gasteiger partial charge in [-0.2, -0.15) is 0 Å². The van der Waals surface area contributed by atoms with Gasteiger partial charge in [0, 0.05) is 20.7 Å². The maximum atomic E-state index is 2.85. The Kier molecular flexibility index (Phi) is 7.10. The molecule has 0 unspecified atom stereocenters. The average molecular weight is 454 g/mol. The molecule has 1 aliphatic heterocycles. The minimum atomic E-state index is -0.516. The van der Waals surface area contributed by atoms with Gasteiger partial charge in [-0.15, -0.1) is 0 Å². The smallest absolute Gasteiger partial charge is 0.0283 e. The molecule has 0 N–H and O–H groups in total. The zero-order chi connectivity index (χ0) is 21.6. The summed E-state index contributed by atoms with van der Waals surface area (Å²) in [7, 11) is -0.898. The van der Waals surface area contributed by atoms with E-state index >= 15 is 0 Å². The van der Waals surface area contributed by atoms with Gasteiger partial charge in [0.15, 0.2) is 0 Å². The van der Waals surface area contributed by atoms with Crippen LogP contribution in [0, 0.1) is 0 Å². The monoisotopic (exact) mass is 453 g/mol. The molecule has 0 spiro atoms. The molecular weight excluding hydrogens is 424 g/mol. The van der Waals surface area contributed by atoms with E-state index in [-0.39, 0.29) is 7.92 Å². The summed E-state index contributed by atoms with van der Waals surface area (Å²) in [6, 6.07) is 45.3. The first-order chi connectivity index (χ1) is 15.9. The third kappa shape index (κ3) is 4.87. The van der Waals surface area contributed by atoms with Gasteiger partial charge in [0.05, 0.1) is 0 Å². The van der Waals surface area contributed by atoms with Crippen LogP contribution in [0.4, 0.5) is 0 Å². The Labute approximate surface area is 194 Å². The summed E-state index contributed by atoms with van der Waals surface area (Å²) in [5, 5.41) is 5.90. The molecule has 160 valence electrons. The molecule has 32 heavy (non-hydrogen) atoms. The lowest BCUT2D eigenvalue weighted by Crippen LogP contribution is -2.35. The van der Waals surface area contributed by atoms with E-state index in [4.69, 9.17) is 0 Å². The molecule has 4 aromatic rings. The highest BCUT2D eigenvalue weighted by atomic mass is 31.1. The van der Waals surface area contributed by atoms with Gasteiger partial charge in [-0.05, 0) is 48.1 Å². The van der Waals surface area contributed by atoms with Crippen molar-refractivity contribution in [3.05, 3.63) is 121 Å². The number of hydrogen-bond donors (Lipinski definition) is 0. The highest BCUT2D eigenvalue weighted by Gasteiger charge is 2.34. The molecule has 1 fully saturated rings. The molecule has 1 nitrogen and oxygen atoms in total. The maximum Gasteiger partial charge on any atom is 0.0283 e. The lowest BCUT2D eigenvalue weighted by atomic mass is 10.3. The molecule has 4 aromatic carbocycles. The van der Waals surface area contributed by atoms with Crippen LogP contribution in [0.2, 0.25) is 0 Å². The van der Waals surface area contributed by atoms with Gasteiger partial charge in [-0.25, -0.2) is 0 Å². The predicted octanol–water partition coefficient (Wildman–Crippen LogP) is 5.63. The van der Waals surface area contributed by atoms with E-state index in [1.807, 2.05) is 0 Å². The third-order valence-corrected chi connectivity index (χ3v) is 11.4. The molecule has 1 atom stereocenters. The van der Waals surface area contributed by atoms with Gasteiger partial charge in [0.2, 0.25) is 0 Å². The summed E-state index contributed by atoms with van der Waals surface area (Å²) in [4.78, 5) is 0. The van der Waals surface area contributed by atoms with Crippen molar-refractivity contribution in [1.29, 1.82) is 0 Å². The fourth-order valence-electron chi connectivity index (χ4n) is 4.64. The summed E-state index contributed by atoms with van der Waals surface area (Å²) < 4.78 is 2.85. The summed E-state index contributed by atoms with van der Waals surface area (Å²) in [6.45, 7) is 1.19. The van der Waals surface area contributed by atoms with Gasteiger partial charge in [-0.1, -0.05) is 121 Å². The highest BCUT2D eigenvalue weighted by Crippen LogP contribution is 2.47. The Morgan fingerprint density at radius 2 is 0.969 bits per heavy atom. The standard InChI is InChI=1S/C29H29NP2/c1-5-15-26(16-6-1)31(27-17-7-2-8-18-27)24-25-14-13-23-30(25)32(28-19-9-3-10-20-28)29-21-11-4-12-22-29/h1-12,15-22,25H,13-14,23-24H2/t25-/m0/s1. The number of rotatable bonds is 7. The molecule has 0 aliphatic carbocycles. The van der Waals surface area contributed by atoms with Crippen molar-refractivity contribution in [2.24, 2.45) is 0 Å². The van der Waals surface area contributed by atoms with Crippen LogP contribution in [0.25, 0.3) is 0 Å². The second-order valence-electron chi connectivity index (χ2n) is 8.22.